The standard InChI is InChI=1S/C5H3BClFNO2/c7-5-4(11-6-10)3(8)1-2-9-5/h1-2,10H. The van der Waals surface area contributed by atoms with Gasteiger partial charge in [-0.1, -0.05) is 11.6 Å². The number of halogens is 2. The summed E-state index contributed by atoms with van der Waals surface area (Å²) in [6, 6.07) is 1.07. The van der Waals surface area contributed by atoms with E-state index in [9.17, 15) is 4.39 Å². The Morgan fingerprint density at radius 3 is 3.00 bits per heavy atom. The van der Waals surface area contributed by atoms with Crippen molar-refractivity contribution in [2.24, 2.45) is 0 Å². The van der Waals surface area contributed by atoms with Gasteiger partial charge in [-0.2, -0.15) is 0 Å². The largest absolute Gasteiger partial charge is 0.569 e. The Bertz CT molecular complexity index is 240. The van der Waals surface area contributed by atoms with Crippen molar-refractivity contribution >= 4 is 19.3 Å². The Labute approximate surface area is 68.1 Å². The molecular formula is C5H3BClFNO2. The first kappa shape index (κ1) is 8.29. The van der Waals surface area contributed by atoms with E-state index in [4.69, 9.17) is 16.6 Å². The topological polar surface area (TPSA) is 42.4 Å². The smallest absolute Gasteiger partial charge is 0.533 e. The minimum Gasteiger partial charge on any atom is -0.533 e. The van der Waals surface area contributed by atoms with Crippen LogP contribution in [0.15, 0.2) is 12.3 Å². The van der Waals surface area contributed by atoms with Crippen LogP contribution in [0.4, 0.5) is 4.39 Å². The third-order valence-electron chi connectivity index (χ3n) is 0.984. The molecule has 0 aliphatic rings. The number of hydrogen-bond donors (Lipinski definition) is 1. The molecule has 0 atom stereocenters. The molecule has 1 rings (SSSR count). The molecule has 0 bridgehead atoms. The predicted molar refractivity (Wildman–Crippen MR) is 37.8 cm³/mol. The maximum atomic E-state index is 12.7. The van der Waals surface area contributed by atoms with Gasteiger partial charge in [0.2, 0.25) is 0 Å². The number of pyridine rings is 1. The van der Waals surface area contributed by atoms with Gasteiger partial charge < -0.3 is 9.68 Å². The number of rotatable bonds is 2. The van der Waals surface area contributed by atoms with Crippen LogP contribution in [0.5, 0.6) is 5.75 Å². The highest BCUT2D eigenvalue weighted by atomic mass is 35.5. The molecule has 57 valence electrons. The molecule has 1 N–H and O–H groups in total. The lowest BCUT2D eigenvalue weighted by Crippen LogP contribution is -2.02. The summed E-state index contributed by atoms with van der Waals surface area (Å²) in [7, 11) is 0.339. The Morgan fingerprint density at radius 1 is 1.73 bits per heavy atom. The van der Waals surface area contributed by atoms with Crippen LogP contribution in [0.3, 0.4) is 0 Å². The molecule has 0 saturated heterocycles. The summed E-state index contributed by atoms with van der Waals surface area (Å²) < 4.78 is 17.0. The van der Waals surface area contributed by atoms with Crippen molar-refractivity contribution in [2.45, 2.75) is 0 Å². The molecular weight excluding hydrogens is 171 g/mol. The van der Waals surface area contributed by atoms with Crippen LogP contribution in [-0.4, -0.2) is 17.7 Å². The first-order valence-electron chi connectivity index (χ1n) is 2.68. The number of hydrogen-bond acceptors (Lipinski definition) is 3. The molecule has 0 saturated carbocycles. The lowest BCUT2D eigenvalue weighted by atomic mass is 10.3. The monoisotopic (exact) mass is 174 g/mol. The van der Waals surface area contributed by atoms with E-state index in [1.807, 2.05) is 0 Å². The highest BCUT2D eigenvalue weighted by Gasteiger charge is 2.08. The molecule has 6 heteroatoms. The van der Waals surface area contributed by atoms with Crippen molar-refractivity contribution in [3.8, 4) is 5.75 Å². The van der Waals surface area contributed by atoms with Crippen molar-refractivity contribution in [1.82, 2.24) is 4.98 Å². The zero-order chi connectivity index (χ0) is 8.27. The Balaban J connectivity index is 3.00. The van der Waals surface area contributed by atoms with E-state index in [1.54, 1.807) is 0 Å². The maximum Gasteiger partial charge on any atom is 0.569 e. The zero-order valence-corrected chi connectivity index (χ0v) is 6.05. The second kappa shape index (κ2) is 3.55. The molecule has 0 unspecified atom stereocenters. The van der Waals surface area contributed by atoms with Gasteiger partial charge in [-0.05, 0) is 6.07 Å². The fourth-order valence-corrected chi connectivity index (χ4v) is 0.750. The van der Waals surface area contributed by atoms with Crippen LogP contribution in [0.2, 0.25) is 5.15 Å². The molecule has 1 aromatic rings. The van der Waals surface area contributed by atoms with Crippen LogP contribution >= 0.6 is 11.6 Å². The average Bonchev–Trinajstić information content (AvgIpc) is 1.97. The van der Waals surface area contributed by atoms with Gasteiger partial charge in [-0.25, -0.2) is 9.37 Å². The zero-order valence-electron chi connectivity index (χ0n) is 5.29. The Morgan fingerprint density at radius 2 is 2.45 bits per heavy atom. The second-order valence-electron chi connectivity index (χ2n) is 1.64. The first-order valence-corrected chi connectivity index (χ1v) is 3.06. The lowest BCUT2D eigenvalue weighted by molar-refractivity contribution is 0.430. The van der Waals surface area contributed by atoms with E-state index >= 15 is 0 Å². The second-order valence-corrected chi connectivity index (χ2v) is 1.99. The molecule has 1 aromatic heterocycles. The average molecular weight is 174 g/mol. The van der Waals surface area contributed by atoms with E-state index in [1.165, 1.54) is 6.20 Å². The lowest BCUT2D eigenvalue weighted by Gasteiger charge is -2.02. The van der Waals surface area contributed by atoms with Crippen LogP contribution in [0.25, 0.3) is 0 Å². The van der Waals surface area contributed by atoms with Gasteiger partial charge in [0.05, 0.1) is 0 Å². The van der Waals surface area contributed by atoms with Gasteiger partial charge in [0, 0.05) is 6.20 Å². The molecule has 0 aromatic carbocycles. The molecule has 11 heavy (non-hydrogen) atoms. The number of nitrogens with zero attached hydrogens (tertiary/aromatic N) is 1. The fourth-order valence-electron chi connectivity index (χ4n) is 0.559. The fraction of sp³-hybridized carbons (Fsp3) is 0. The Kier molecular flexibility index (Phi) is 2.67. The third-order valence-corrected chi connectivity index (χ3v) is 1.25. The van der Waals surface area contributed by atoms with Crippen LogP contribution in [0, 0.1) is 5.82 Å². The first-order chi connectivity index (χ1) is 5.25. The molecule has 0 fully saturated rings. The van der Waals surface area contributed by atoms with E-state index in [0.29, 0.717) is 7.69 Å². The maximum absolute atomic E-state index is 12.7. The van der Waals surface area contributed by atoms with Gasteiger partial charge in [0.1, 0.15) is 0 Å². The molecule has 0 spiro atoms. The molecule has 0 aliphatic carbocycles. The summed E-state index contributed by atoms with van der Waals surface area (Å²) in [5, 5.41) is 8.04. The summed E-state index contributed by atoms with van der Waals surface area (Å²) >= 11 is 5.40. The van der Waals surface area contributed by atoms with Gasteiger partial charge in [0.15, 0.2) is 16.7 Å². The van der Waals surface area contributed by atoms with Crippen LogP contribution in [0.1, 0.15) is 0 Å². The minimum atomic E-state index is -0.671. The summed E-state index contributed by atoms with van der Waals surface area (Å²) in [4.78, 5) is 3.53. The van der Waals surface area contributed by atoms with Gasteiger partial charge in [-0.3, -0.25) is 0 Å². The summed E-state index contributed by atoms with van der Waals surface area (Å²) in [5.74, 6) is -0.952. The van der Waals surface area contributed by atoms with Crippen molar-refractivity contribution in [3.63, 3.8) is 0 Å². The summed E-state index contributed by atoms with van der Waals surface area (Å²) in [5.41, 5.74) is 0. The minimum absolute atomic E-state index is 0.129. The highest BCUT2D eigenvalue weighted by Crippen LogP contribution is 2.23. The van der Waals surface area contributed by atoms with Gasteiger partial charge >= 0.3 is 7.69 Å². The third kappa shape index (κ3) is 1.81. The Hall–Kier alpha value is -0.805. The van der Waals surface area contributed by atoms with E-state index in [2.05, 4.69) is 9.64 Å². The van der Waals surface area contributed by atoms with Crippen LogP contribution in [-0.2, 0) is 0 Å². The van der Waals surface area contributed by atoms with Crippen molar-refractivity contribution in [3.05, 3.63) is 23.2 Å². The van der Waals surface area contributed by atoms with E-state index in [0.717, 1.165) is 6.07 Å². The van der Waals surface area contributed by atoms with Crippen molar-refractivity contribution < 1.29 is 14.1 Å². The van der Waals surface area contributed by atoms with Crippen molar-refractivity contribution in [1.29, 1.82) is 0 Å². The molecule has 0 aliphatic heterocycles. The van der Waals surface area contributed by atoms with Crippen LogP contribution < -0.4 is 4.65 Å². The van der Waals surface area contributed by atoms with Crippen molar-refractivity contribution in [2.75, 3.05) is 0 Å². The summed E-state index contributed by atoms with van der Waals surface area (Å²) in [6.45, 7) is 0. The molecule has 1 heterocycles. The SMILES string of the molecule is O[B]Oc1c(F)ccnc1Cl. The van der Waals surface area contributed by atoms with E-state index in [-0.39, 0.29) is 10.9 Å². The highest BCUT2D eigenvalue weighted by molar-refractivity contribution is 6.31. The number of aromatic nitrogens is 1. The quantitative estimate of drug-likeness (QED) is 0.532. The molecule has 0 amide bonds. The molecule has 3 nitrogen and oxygen atoms in total. The summed E-state index contributed by atoms with van der Waals surface area (Å²) in [6.07, 6.45) is 1.20. The normalized spacial score (nSPS) is 9.36. The molecule has 1 radical (unpaired) electrons. The van der Waals surface area contributed by atoms with Gasteiger partial charge in [0.25, 0.3) is 0 Å². The van der Waals surface area contributed by atoms with Gasteiger partial charge in [-0.15, -0.1) is 0 Å². The van der Waals surface area contributed by atoms with E-state index < -0.39 is 5.82 Å². The predicted octanol–water partition coefficient (Wildman–Crippen LogP) is 0.779.